The molecule has 1 aromatic heterocycles. The summed E-state index contributed by atoms with van der Waals surface area (Å²) in [6.45, 7) is 1.73. The molecule has 0 saturated carbocycles. The molecule has 0 saturated heterocycles. The Morgan fingerprint density at radius 3 is 2.59 bits per heavy atom. The third-order valence-corrected chi connectivity index (χ3v) is 4.19. The van der Waals surface area contributed by atoms with Gasteiger partial charge in [0.2, 0.25) is 0 Å². The van der Waals surface area contributed by atoms with Crippen LogP contribution in [0.5, 0.6) is 5.75 Å². The van der Waals surface area contributed by atoms with Gasteiger partial charge in [-0.05, 0) is 36.8 Å². The van der Waals surface area contributed by atoms with Crippen LogP contribution in [0.4, 0.5) is 5.69 Å². The van der Waals surface area contributed by atoms with Gasteiger partial charge in [0.15, 0.2) is 0 Å². The molecule has 2 rings (SSSR count). The molecule has 7 nitrogen and oxygen atoms in total. The number of carbonyl (C=O) groups is 1. The van der Waals surface area contributed by atoms with Gasteiger partial charge in [0, 0.05) is 12.4 Å². The molecule has 0 atom stereocenters. The van der Waals surface area contributed by atoms with Gasteiger partial charge in [-0.15, -0.1) is 0 Å². The Hall–Kier alpha value is -2.61. The summed E-state index contributed by atoms with van der Waals surface area (Å²) in [6.07, 6.45) is 2.77. The molecule has 2 aromatic rings. The summed E-state index contributed by atoms with van der Waals surface area (Å²) in [6, 6.07) is 5.35. The molecule has 116 valence electrons. The number of carboxylic acid groups (broad SMARTS) is 1. The highest BCUT2D eigenvalue weighted by Gasteiger charge is 2.18. The molecule has 0 aliphatic rings. The Balaban J connectivity index is 2.39. The first-order valence-electron chi connectivity index (χ1n) is 6.19. The van der Waals surface area contributed by atoms with Crippen LogP contribution in [0.15, 0.2) is 41.6 Å². The minimum atomic E-state index is -3.84. The van der Waals surface area contributed by atoms with Crippen molar-refractivity contribution < 1.29 is 23.1 Å². The van der Waals surface area contributed by atoms with E-state index in [9.17, 15) is 13.2 Å². The van der Waals surface area contributed by atoms with E-state index >= 15 is 0 Å². The molecule has 1 aromatic carbocycles. The van der Waals surface area contributed by atoms with E-state index in [4.69, 9.17) is 9.84 Å². The number of carboxylic acids is 1. The first kappa shape index (κ1) is 15.8. The van der Waals surface area contributed by atoms with E-state index in [2.05, 4.69) is 9.71 Å². The highest BCUT2D eigenvalue weighted by molar-refractivity contribution is 7.92. The van der Waals surface area contributed by atoms with Crippen molar-refractivity contribution in [3.8, 4) is 5.75 Å². The van der Waals surface area contributed by atoms with E-state index in [0.29, 0.717) is 5.56 Å². The number of hydrogen-bond donors (Lipinski definition) is 2. The maximum absolute atomic E-state index is 12.3. The second kappa shape index (κ2) is 6.02. The second-order valence-electron chi connectivity index (χ2n) is 4.52. The number of aromatic carboxylic acids is 1. The molecule has 0 fully saturated rings. The van der Waals surface area contributed by atoms with Gasteiger partial charge in [-0.3, -0.25) is 9.71 Å². The van der Waals surface area contributed by atoms with Crippen LogP contribution in [0.2, 0.25) is 0 Å². The van der Waals surface area contributed by atoms with E-state index in [0.717, 1.165) is 0 Å². The zero-order valence-corrected chi connectivity index (χ0v) is 12.7. The molecule has 2 N–H and O–H groups in total. The Morgan fingerprint density at radius 2 is 2.00 bits per heavy atom. The fourth-order valence-corrected chi connectivity index (χ4v) is 2.90. The number of rotatable bonds is 5. The summed E-state index contributed by atoms with van der Waals surface area (Å²) in [5, 5.41) is 8.93. The van der Waals surface area contributed by atoms with Gasteiger partial charge in [-0.1, -0.05) is 0 Å². The standard InChI is InChI=1S/C14H14N2O5S/c1-9-5-11(8-15-7-9)22(19,20)16-12-4-3-10(14(17)18)6-13(12)21-2/h3-8,16H,1-2H3,(H,17,18). The van der Waals surface area contributed by atoms with Crippen LogP contribution in [0.1, 0.15) is 15.9 Å². The Morgan fingerprint density at radius 1 is 1.27 bits per heavy atom. The second-order valence-corrected chi connectivity index (χ2v) is 6.21. The monoisotopic (exact) mass is 322 g/mol. The Kier molecular flexibility index (Phi) is 4.32. The predicted octanol–water partition coefficient (Wildman–Crippen LogP) is 1.90. The molecule has 22 heavy (non-hydrogen) atoms. The van der Waals surface area contributed by atoms with E-state index in [1.807, 2.05) is 0 Å². The normalized spacial score (nSPS) is 11.0. The number of sulfonamides is 1. The zero-order valence-electron chi connectivity index (χ0n) is 11.9. The van der Waals surface area contributed by atoms with Crippen molar-refractivity contribution >= 4 is 21.7 Å². The molecule has 0 spiro atoms. The quantitative estimate of drug-likeness (QED) is 0.871. The molecule has 0 aliphatic carbocycles. The molecule has 0 aliphatic heterocycles. The van der Waals surface area contributed by atoms with E-state index in [-0.39, 0.29) is 21.9 Å². The van der Waals surface area contributed by atoms with Gasteiger partial charge < -0.3 is 9.84 Å². The van der Waals surface area contributed by atoms with Crippen LogP contribution >= 0.6 is 0 Å². The number of anilines is 1. The van der Waals surface area contributed by atoms with Gasteiger partial charge in [0.1, 0.15) is 10.6 Å². The average molecular weight is 322 g/mol. The number of nitrogens with zero attached hydrogens (tertiary/aromatic N) is 1. The molecular weight excluding hydrogens is 308 g/mol. The fraction of sp³-hybridized carbons (Fsp3) is 0.143. The van der Waals surface area contributed by atoms with Gasteiger partial charge >= 0.3 is 5.97 Å². The van der Waals surface area contributed by atoms with E-state index in [1.165, 1.54) is 37.6 Å². The topological polar surface area (TPSA) is 106 Å². The summed E-state index contributed by atoms with van der Waals surface area (Å²) >= 11 is 0. The maximum atomic E-state index is 12.3. The molecule has 1 heterocycles. The lowest BCUT2D eigenvalue weighted by Gasteiger charge is -2.12. The predicted molar refractivity (Wildman–Crippen MR) is 79.7 cm³/mol. The number of aromatic nitrogens is 1. The Bertz CT molecular complexity index is 818. The summed E-state index contributed by atoms with van der Waals surface area (Å²) in [4.78, 5) is 14.8. The molecule has 8 heteroatoms. The van der Waals surface area contributed by atoms with Crippen LogP contribution in [0, 0.1) is 6.92 Å². The first-order valence-corrected chi connectivity index (χ1v) is 7.67. The SMILES string of the molecule is COc1cc(C(=O)O)ccc1NS(=O)(=O)c1cncc(C)c1. The lowest BCUT2D eigenvalue weighted by atomic mass is 10.2. The van der Waals surface area contributed by atoms with Gasteiger partial charge in [0.25, 0.3) is 10.0 Å². The van der Waals surface area contributed by atoms with Crippen molar-refractivity contribution in [3.05, 3.63) is 47.8 Å². The molecular formula is C14H14N2O5S. The van der Waals surface area contributed by atoms with Crippen LogP contribution in [-0.4, -0.2) is 31.6 Å². The smallest absolute Gasteiger partial charge is 0.335 e. The van der Waals surface area contributed by atoms with Crippen LogP contribution in [0.3, 0.4) is 0 Å². The highest BCUT2D eigenvalue weighted by Crippen LogP contribution is 2.28. The van der Waals surface area contributed by atoms with Crippen LogP contribution < -0.4 is 9.46 Å². The molecule has 0 bridgehead atoms. The number of aryl methyl sites for hydroxylation is 1. The third-order valence-electron chi connectivity index (χ3n) is 2.85. The number of benzene rings is 1. The van der Waals surface area contributed by atoms with Crippen molar-refractivity contribution in [2.45, 2.75) is 11.8 Å². The summed E-state index contributed by atoms with van der Waals surface area (Å²) in [5.74, 6) is -1.01. The lowest BCUT2D eigenvalue weighted by molar-refractivity contribution is 0.0696. The largest absolute Gasteiger partial charge is 0.495 e. The van der Waals surface area contributed by atoms with Crippen LogP contribution in [0.25, 0.3) is 0 Å². The van der Waals surface area contributed by atoms with Crippen LogP contribution in [-0.2, 0) is 10.0 Å². The third kappa shape index (κ3) is 3.34. The van der Waals surface area contributed by atoms with Crippen molar-refractivity contribution in [1.82, 2.24) is 4.98 Å². The van der Waals surface area contributed by atoms with Crippen molar-refractivity contribution in [2.75, 3.05) is 11.8 Å². The van der Waals surface area contributed by atoms with Gasteiger partial charge in [0.05, 0.1) is 18.4 Å². The number of nitrogens with one attached hydrogen (secondary N) is 1. The summed E-state index contributed by atoms with van der Waals surface area (Å²) in [5.41, 5.74) is 0.849. The number of ether oxygens (including phenoxy) is 1. The first-order chi connectivity index (χ1) is 10.3. The Labute approximate surface area is 127 Å². The highest BCUT2D eigenvalue weighted by atomic mass is 32.2. The lowest BCUT2D eigenvalue weighted by Crippen LogP contribution is -2.14. The molecule has 0 unspecified atom stereocenters. The van der Waals surface area contributed by atoms with Gasteiger partial charge in [-0.2, -0.15) is 0 Å². The zero-order chi connectivity index (χ0) is 16.3. The van der Waals surface area contributed by atoms with E-state index < -0.39 is 16.0 Å². The van der Waals surface area contributed by atoms with E-state index in [1.54, 1.807) is 13.1 Å². The molecule has 0 amide bonds. The van der Waals surface area contributed by atoms with Gasteiger partial charge in [-0.25, -0.2) is 13.2 Å². The van der Waals surface area contributed by atoms with Crippen molar-refractivity contribution in [2.24, 2.45) is 0 Å². The minimum Gasteiger partial charge on any atom is -0.495 e. The minimum absolute atomic E-state index is 0.00276. The number of hydrogen-bond acceptors (Lipinski definition) is 5. The fourth-order valence-electron chi connectivity index (χ4n) is 1.79. The molecule has 0 radical (unpaired) electrons. The van der Waals surface area contributed by atoms with Crippen molar-refractivity contribution in [1.29, 1.82) is 0 Å². The summed E-state index contributed by atoms with van der Waals surface area (Å²) in [7, 11) is -2.52. The average Bonchev–Trinajstić information content (AvgIpc) is 2.47. The maximum Gasteiger partial charge on any atom is 0.335 e. The van der Waals surface area contributed by atoms with Crippen molar-refractivity contribution in [3.63, 3.8) is 0 Å². The summed E-state index contributed by atoms with van der Waals surface area (Å²) < 4.78 is 32.0. The number of methoxy groups -OCH3 is 1. The number of pyridine rings is 1.